The molecule has 0 atom stereocenters. The number of anilines is 1. The zero-order chi connectivity index (χ0) is 24.1. The largest absolute Gasteiger partial charge is 0.472 e. The predicted octanol–water partition coefficient (Wildman–Crippen LogP) is 5.59. The number of carbonyl (C=O) groups excluding carboxylic acids is 1. The number of amides is 1. The van der Waals surface area contributed by atoms with E-state index >= 15 is 0 Å². The molecular formula is C27H24ClN3O3. The van der Waals surface area contributed by atoms with Gasteiger partial charge in [0.05, 0.1) is 5.69 Å². The van der Waals surface area contributed by atoms with Gasteiger partial charge in [0.25, 0.3) is 11.5 Å². The van der Waals surface area contributed by atoms with Gasteiger partial charge in [-0.25, -0.2) is 0 Å². The van der Waals surface area contributed by atoms with Gasteiger partial charge in [-0.15, -0.1) is 5.10 Å². The standard InChI is InChI=1S/C27H24ClN3O3/c1-3-20-6-4-5-18(2)26(20)29-27(33)21-9-13-23(14-10-21)31-25(32)16-15-24(30-31)34-17-19-7-11-22(28)12-8-19/h4-16H,3,17H2,1-2H3,(H,29,33). The number of aromatic nitrogens is 2. The average Bonchev–Trinajstić information content (AvgIpc) is 2.85. The molecule has 34 heavy (non-hydrogen) atoms. The van der Waals surface area contributed by atoms with Crippen LogP contribution in [-0.4, -0.2) is 15.7 Å². The Labute approximate surface area is 202 Å². The minimum Gasteiger partial charge on any atom is -0.472 e. The third kappa shape index (κ3) is 5.35. The van der Waals surface area contributed by atoms with Gasteiger partial charge in [-0.1, -0.05) is 48.9 Å². The van der Waals surface area contributed by atoms with E-state index in [0.717, 1.165) is 28.8 Å². The van der Waals surface area contributed by atoms with Crippen LogP contribution in [0, 0.1) is 6.92 Å². The Morgan fingerprint density at radius 3 is 2.44 bits per heavy atom. The van der Waals surface area contributed by atoms with Crippen LogP contribution in [0.2, 0.25) is 5.02 Å². The lowest BCUT2D eigenvalue weighted by molar-refractivity contribution is 0.102. The van der Waals surface area contributed by atoms with Gasteiger partial charge in [-0.05, 0) is 66.4 Å². The minimum absolute atomic E-state index is 0.212. The minimum atomic E-state index is -0.302. The summed E-state index contributed by atoms with van der Waals surface area (Å²) in [6.45, 7) is 4.31. The monoisotopic (exact) mass is 473 g/mol. The zero-order valence-electron chi connectivity index (χ0n) is 18.9. The quantitative estimate of drug-likeness (QED) is 0.380. The fourth-order valence-electron chi connectivity index (χ4n) is 3.54. The SMILES string of the molecule is CCc1cccc(C)c1NC(=O)c1ccc(-n2nc(OCc3ccc(Cl)cc3)ccc2=O)cc1. The highest BCUT2D eigenvalue weighted by molar-refractivity contribution is 6.30. The van der Waals surface area contributed by atoms with Crippen molar-refractivity contribution in [3.8, 4) is 11.6 Å². The van der Waals surface area contributed by atoms with Gasteiger partial charge in [0.2, 0.25) is 5.88 Å². The molecule has 0 aliphatic heterocycles. The highest BCUT2D eigenvalue weighted by Gasteiger charge is 2.12. The van der Waals surface area contributed by atoms with Crippen LogP contribution >= 0.6 is 11.6 Å². The first-order chi connectivity index (χ1) is 16.4. The summed E-state index contributed by atoms with van der Waals surface area (Å²) in [6.07, 6.45) is 0.821. The van der Waals surface area contributed by atoms with Crippen molar-refractivity contribution >= 4 is 23.2 Å². The Morgan fingerprint density at radius 2 is 1.74 bits per heavy atom. The van der Waals surface area contributed by atoms with Gasteiger partial charge in [0.15, 0.2) is 0 Å². The summed E-state index contributed by atoms with van der Waals surface area (Å²) >= 11 is 5.91. The van der Waals surface area contributed by atoms with Crippen LogP contribution in [0.15, 0.2) is 83.7 Å². The van der Waals surface area contributed by atoms with E-state index in [2.05, 4.69) is 17.3 Å². The molecule has 0 aliphatic rings. The first kappa shape index (κ1) is 23.3. The highest BCUT2D eigenvalue weighted by Crippen LogP contribution is 2.22. The summed E-state index contributed by atoms with van der Waals surface area (Å²) in [7, 11) is 0. The zero-order valence-corrected chi connectivity index (χ0v) is 19.7. The third-order valence-electron chi connectivity index (χ3n) is 5.43. The summed E-state index contributed by atoms with van der Waals surface area (Å²) in [5.41, 5.74) is 4.57. The molecule has 3 aromatic carbocycles. The first-order valence-electron chi connectivity index (χ1n) is 10.9. The maximum absolute atomic E-state index is 12.8. The van der Waals surface area contributed by atoms with Crippen LogP contribution in [0.5, 0.6) is 5.88 Å². The van der Waals surface area contributed by atoms with Crippen molar-refractivity contribution in [3.63, 3.8) is 0 Å². The molecule has 0 unspecified atom stereocenters. The van der Waals surface area contributed by atoms with Crippen LogP contribution in [0.3, 0.4) is 0 Å². The Bertz CT molecular complexity index is 1360. The second-order valence-corrected chi connectivity index (χ2v) is 8.24. The van der Waals surface area contributed by atoms with E-state index in [1.165, 1.54) is 16.8 Å². The molecule has 4 rings (SSSR count). The fraction of sp³-hybridized carbons (Fsp3) is 0.148. The molecule has 1 heterocycles. The van der Waals surface area contributed by atoms with Gasteiger partial charge < -0.3 is 10.1 Å². The molecule has 0 bridgehead atoms. The second kappa shape index (κ2) is 10.4. The molecule has 6 nitrogen and oxygen atoms in total. The number of hydrogen-bond acceptors (Lipinski definition) is 4. The Balaban J connectivity index is 1.50. The summed E-state index contributed by atoms with van der Waals surface area (Å²) in [5.74, 6) is 0.0962. The van der Waals surface area contributed by atoms with E-state index in [9.17, 15) is 9.59 Å². The molecule has 0 spiro atoms. The van der Waals surface area contributed by atoms with Gasteiger partial charge >= 0.3 is 0 Å². The van der Waals surface area contributed by atoms with E-state index in [4.69, 9.17) is 16.3 Å². The molecule has 0 fully saturated rings. The molecule has 1 aromatic heterocycles. The molecular weight excluding hydrogens is 450 g/mol. The summed E-state index contributed by atoms with van der Waals surface area (Å²) in [6, 6.07) is 22.9. The molecule has 1 amide bonds. The molecule has 4 aromatic rings. The number of halogens is 1. The van der Waals surface area contributed by atoms with E-state index in [1.807, 2.05) is 37.3 Å². The molecule has 1 N–H and O–H groups in total. The molecule has 0 aliphatic carbocycles. The number of rotatable bonds is 7. The van der Waals surface area contributed by atoms with E-state index in [1.54, 1.807) is 36.4 Å². The number of aryl methyl sites for hydroxylation is 2. The van der Waals surface area contributed by atoms with Crippen molar-refractivity contribution in [2.45, 2.75) is 26.9 Å². The third-order valence-corrected chi connectivity index (χ3v) is 5.68. The van der Waals surface area contributed by atoms with E-state index in [-0.39, 0.29) is 11.5 Å². The number of para-hydroxylation sites is 1. The number of carbonyl (C=O) groups is 1. The molecule has 172 valence electrons. The number of hydrogen-bond donors (Lipinski definition) is 1. The van der Waals surface area contributed by atoms with Crippen molar-refractivity contribution in [1.29, 1.82) is 0 Å². The van der Waals surface area contributed by atoms with Crippen LogP contribution in [0.25, 0.3) is 5.69 Å². The van der Waals surface area contributed by atoms with Crippen molar-refractivity contribution < 1.29 is 9.53 Å². The van der Waals surface area contributed by atoms with Crippen LogP contribution in [0.4, 0.5) is 5.69 Å². The van der Waals surface area contributed by atoms with Crippen LogP contribution in [0.1, 0.15) is 34.0 Å². The summed E-state index contributed by atoms with van der Waals surface area (Å²) in [4.78, 5) is 25.2. The van der Waals surface area contributed by atoms with Crippen molar-refractivity contribution in [3.05, 3.63) is 116 Å². The molecule has 0 saturated carbocycles. The average molecular weight is 474 g/mol. The first-order valence-corrected chi connectivity index (χ1v) is 11.3. The van der Waals surface area contributed by atoms with E-state index in [0.29, 0.717) is 28.8 Å². The van der Waals surface area contributed by atoms with Gasteiger partial charge in [0.1, 0.15) is 6.61 Å². The smallest absolute Gasteiger partial charge is 0.271 e. The van der Waals surface area contributed by atoms with E-state index < -0.39 is 0 Å². The maximum Gasteiger partial charge on any atom is 0.271 e. The van der Waals surface area contributed by atoms with Crippen molar-refractivity contribution in [1.82, 2.24) is 9.78 Å². The second-order valence-electron chi connectivity index (χ2n) is 7.80. The van der Waals surface area contributed by atoms with Crippen molar-refractivity contribution in [2.24, 2.45) is 0 Å². The van der Waals surface area contributed by atoms with Crippen LogP contribution < -0.4 is 15.6 Å². The lowest BCUT2D eigenvalue weighted by Crippen LogP contribution is -2.21. The molecule has 0 radical (unpaired) electrons. The number of nitrogens with one attached hydrogen (secondary N) is 1. The summed E-state index contributed by atoms with van der Waals surface area (Å²) in [5, 5.41) is 7.97. The lowest BCUT2D eigenvalue weighted by atomic mass is 10.1. The lowest BCUT2D eigenvalue weighted by Gasteiger charge is -2.13. The molecule has 7 heteroatoms. The summed E-state index contributed by atoms with van der Waals surface area (Å²) < 4.78 is 6.98. The van der Waals surface area contributed by atoms with Crippen molar-refractivity contribution in [2.75, 3.05) is 5.32 Å². The number of nitrogens with zero attached hydrogens (tertiary/aromatic N) is 2. The van der Waals surface area contributed by atoms with Gasteiger partial charge in [-0.3, -0.25) is 9.59 Å². The Morgan fingerprint density at radius 1 is 1.00 bits per heavy atom. The maximum atomic E-state index is 12.8. The Kier molecular flexibility index (Phi) is 7.09. The predicted molar refractivity (Wildman–Crippen MR) is 134 cm³/mol. The van der Waals surface area contributed by atoms with Gasteiger partial charge in [-0.2, -0.15) is 4.68 Å². The van der Waals surface area contributed by atoms with Crippen LogP contribution in [-0.2, 0) is 13.0 Å². The number of benzene rings is 3. The number of ether oxygens (including phenoxy) is 1. The Hall–Kier alpha value is -3.90. The highest BCUT2D eigenvalue weighted by atomic mass is 35.5. The van der Waals surface area contributed by atoms with Gasteiger partial charge in [0, 0.05) is 28.4 Å². The fourth-order valence-corrected chi connectivity index (χ4v) is 3.66. The topological polar surface area (TPSA) is 73.2 Å². The molecule has 0 saturated heterocycles. The normalized spacial score (nSPS) is 10.7.